The van der Waals surface area contributed by atoms with Crippen LogP contribution in [0.25, 0.3) is 0 Å². The molecule has 1 aromatic heterocycles. The average molecular weight is 293 g/mol. The van der Waals surface area contributed by atoms with E-state index in [-0.39, 0.29) is 17.8 Å². The van der Waals surface area contributed by atoms with Crippen molar-refractivity contribution in [2.24, 2.45) is 5.92 Å². The number of aromatic nitrogens is 2. The lowest BCUT2D eigenvalue weighted by molar-refractivity contribution is -0.120. The van der Waals surface area contributed by atoms with Gasteiger partial charge in [0.1, 0.15) is 5.69 Å². The Balaban J connectivity index is 2.08. The summed E-state index contributed by atoms with van der Waals surface area (Å²) in [6, 6.07) is 0.261. The van der Waals surface area contributed by atoms with Crippen LogP contribution >= 0.6 is 0 Å². The zero-order valence-corrected chi connectivity index (χ0v) is 12.7. The van der Waals surface area contributed by atoms with Gasteiger partial charge in [0.2, 0.25) is 11.8 Å². The van der Waals surface area contributed by atoms with Crippen molar-refractivity contribution in [2.45, 2.75) is 46.0 Å². The molecule has 6 nitrogen and oxygen atoms in total. The van der Waals surface area contributed by atoms with E-state index in [1.165, 1.54) is 6.42 Å². The minimum atomic E-state index is 0.0309. The standard InChI is InChI=1S/C15H23N3O3/c1-3-20-14-12(10-16-15(18-14)21-4-2)17-13(19)11-8-6-5-7-9-11/h10-11H,3-9H2,1-2H3,(H,17,19). The number of carbonyl (C=O) groups is 1. The summed E-state index contributed by atoms with van der Waals surface area (Å²) >= 11 is 0. The minimum absolute atomic E-state index is 0.0309. The highest BCUT2D eigenvalue weighted by Gasteiger charge is 2.22. The molecule has 1 amide bonds. The highest BCUT2D eigenvalue weighted by molar-refractivity contribution is 5.93. The molecule has 0 aromatic carbocycles. The molecule has 0 bridgehead atoms. The third kappa shape index (κ3) is 4.31. The second-order valence-electron chi connectivity index (χ2n) is 5.06. The first-order valence-electron chi connectivity index (χ1n) is 7.68. The number of ether oxygens (including phenoxy) is 2. The number of nitrogens with one attached hydrogen (secondary N) is 1. The number of amides is 1. The largest absolute Gasteiger partial charge is 0.476 e. The van der Waals surface area contributed by atoms with Gasteiger partial charge in [-0.1, -0.05) is 19.3 Å². The summed E-state index contributed by atoms with van der Waals surface area (Å²) in [5, 5.41) is 2.89. The molecule has 1 heterocycles. The molecule has 1 aliphatic rings. The van der Waals surface area contributed by atoms with E-state index >= 15 is 0 Å². The SMILES string of the molecule is CCOc1ncc(NC(=O)C2CCCCC2)c(OCC)n1. The molecule has 116 valence electrons. The first-order valence-corrected chi connectivity index (χ1v) is 7.68. The van der Waals surface area contributed by atoms with Gasteiger partial charge in [-0.25, -0.2) is 4.98 Å². The van der Waals surface area contributed by atoms with E-state index in [0.717, 1.165) is 25.7 Å². The Hall–Kier alpha value is -1.85. The lowest BCUT2D eigenvalue weighted by atomic mass is 9.88. The van der Waals surface area contributed by atoms with Crippen LogP contribution in [0, 0.1) is 5.92 Å². The fraction of sp³-hybridized carbons (Fsp3) is 0.667. The van der Waals surface area contributed by atoms with Crippen molar-refractivity contribution in [1.29, 1.82) is 0 Å². The Morgan fingerprint density at radius 1 is 1.24 bits per heavy atom. The van der Waals surface area contributed by atoms with E-state index in [1.54, 1.807) is 6.20 Å². The number of hydrogen-bond donors (Lipinski definition) is 1. The van der Waals surface area contributed by atoms with Crippen LogP contribution in [0.15, 0.2) is 6.20 Å². The van der Waals surface area contributed by atoms with Crippen LogP contribution in [0.2, 0.25) is 0 Å². The molecule has 0 aliphatic heterocycles. The molecular weight excluding hydrogens is 270 g/mol. The fourth-order valence-corrected chi connectivity index (χ4v) is 2.48. The molecule has 1 aliphatic carbocycles. The smallest absolute Gasteiger partial charge is 0.319 e. The molecule has 1 fully saturated rings. The van der Waals surface area contributed by atoms with E-state index in [9.17, 15) is 4.79 Å². The van der Waals surface area contributed by atoms with E-state index in [4.69, 9.17) is 9.47 Å². The van der Waals surface area contributed by atoms with Gasteiger partial charge < -0.3 is 14.8 Å². The van der Waals surface area contributed by atoms with Gasteiger partial charge in [-0.2, -0.15) is 4.98 Å². The van der Waals surface area contributed by atoms with Crippen molar-refractivity contribution < 1.29 is 14.3 Å². The Morgan fingerprint density at radius 3 is 2.62 bits per heavy atom. The molecule has 0 spiro atoms. The van der Waals surface area contributed by atoms with Crippen molar-refractivity contribution in [3.05, 3.63) is 6.20 Å². The van der Waals surface area contributed by atoms with E-state index in [1.807, 2.05) is 13.8 Å². The lowest BCUT2D eigenvalue weighted by Crippen LogP contribution is -2.25. The van der Waals surface area contributed by atoms with Crippen LogP contribution in [0.3, 0.4) is 0 Å². The first kappa shape index (κ1) is 15.5. The van der Waals surface area contributed by atoms with E-state index in [2.05, 4.69) is 15.3 Å². The maximum absolute atomic E-state index is 12.3. The number of carbonyl (C=O) groups excluding carboxylic acids is 1. The van der Waals surface area contributed by atoms with Gasteiger partial charge in [0.15, 0.2) is 0 Å². The third-order valence-corrected chi connectivity index (χ3v) is 3.52. The van der Waals surface area contributed by atoms with Crippen LogP contribution in [0.4, 0.5) is 5.69 Å². The quantitative estimate of drug-likeness (QED) is 0.873. The molecule has 2 rings (SSSR count). The van der Waals surface area contributed by atoms with E-state index in [0.29, 0.717) is 24.8 Å². The Labute approximate surface area is 125 Å². The molecule has 1 saturated carbocycles. The summed E-state index contributed by atoms with van der Waals surface area (Å²) in [7, 11) is 0. The van der Waals surface area contributed by atoms with Crippen LogP contribution in [0.1, 0.15) is 46.0 Å². The van der Waals surface area contributed by atoms with Crippen LogP contribution in [-0.2, 0) is 4.79 Å². The number of hydrogen-bond acceptors (Lipinski definition) is 5. The second-order valence-corrected chi connectivity index (χ2v) is 5.06. The first-order chi connectivity index (χ1) is 10.2. The Kier molecular flexibility index (Phi) is 5.78. The normalized spacial score (nSPS) is 15.5. The van der Waals surface area contributed by atoms with E-state index < -0.39 is 0 Å². The Bertz CT molecular complexity index is 473. The Morgan fingerprint density at radius 2 is 1.95 bits per heavy atom. The predicted octanol–water partition coefficient (Wildman–Crippen LogP) is 2.79. The number of anilines is 1. The van der Waals surface area contributed by atoms with Gasteiger partial charge in [0.25, 0.3) is 0 Å². The summed E-state index contributed by atoms with van der Waals surface area (Å²) in [5.74, 6) is 0.475. The molecule has 21 heavy (non-hydrogen) atoms. The van der Waals surface area contributed by atoms with Gasteiger partial charge in [0.05, 0.1) is 19.4 Å². The summed E-state index contributed by atoms with van der Waals surface area (Å²) < 4.78 is 10.7. The topological polar surface area (TPSA) is 73.3 Å². The summed E-state index contributed by atoms with van der Waals surface area (Å²) in [4.78, 5) is 20.5. The third-order valence-electron chi connectivity index (χ3n) is 3.52. The van der Waals surface area contributed by atoms with Crippen molar-refractivity contribution >= 4 is 11.6 Å². The molecule has 0 saturated heterocycles. The highest BCUT2D eigenvalue weighted by Crippen LogP contribution is 2.28. The van der Waals surface area contributed by atoms with Gasteiger partial charge >= 0.3 is 6.01 Å². The summed E-state index contributed by atoms with van der Waals surface area (Å²) in [6.07, 6.45) is 6.91. The molecule has 6 heteroatoms. The molecular formula is C15H23N3O3. The molecule has 1 aromatic rings. The van der Waals surface area contributed by atoms with Crippen LogP contribution in [0.5, 0.6) is 11.9 Å². The maximum atomic E-state index is 12.3. The van der Waals surface area contributed by atoms with Crippen molar-refractivity contribution in [3.63, 3.8) is 0 Å². The second kappa shape index (κ2) is 7.81. The van der Waals surface area contributed by atoms with Gasteiger partial charge in [-0.3, -0.25) is 4.79 Å². The van der Waals surface area contributed by atoms with Crippen LogP contribution in [-0.4, -0.2) is 29.1 Å². The van der Waals surface area contributed by atoms with Gasteiger partial charge in [0, 0.05) is 5.92 Å². The zero-order chi connectivity index (χ0) is 15.1. The van der Waals surface area contributed by atoms with Crippen molar-refractivity contribution in [3.8, 4) is 11.9 Å². The molecule has 0 atom stereocenters. The van der Waals surface area contributed by atoms with Crippen molar-refractivity contribution in [2.75, 3.05) is 18.5 Å². The van der Waals surface area contributed by atoms with Crippen molar-refractivity contribution in [1.82, 2.24) is 9.97 Å². The summed E-state index contributed by atoms with van der Waals surface area (Å²) in [5.41, 5.74) is 0.510. The average Bonchev–Trinajstić information content (AvgIpc) is 2.51. The lowest BCUT2D eigenvalue weighted by Gasteiger charge is -2.21. The predicted molar refractivity (Wildman–Crippen MR) is 79.6 cm³/mol. The highest BCUT2D eigenvalue weighted by atomic mass is 16.5. The monoisotopic (exact) mass is 293 g/mol. The number of rotatable bonds is 6. The van der Waals surface area contributed by atoms with Gasteiger partial charge in [-0.15, -0.1) is 0 Å². The maximum Gasteiger partial charge on any atom is 0.319 e. The summed E-state index contributed by atoms with van der Waals surface area (Å²) in [6.45, 7) is 4.69. The fourth-order valence-electron chi connectivity index (χ4n) is 2.48. The molecule has 0 radical (unpaired) electrons. The number of nitrogens with zero attached hydrogens (tertiary/aromatic N) is 2. The molecule has 0 unspecified atom stereocenters. The van der Waals surface area contributed by atoms with Gasteiger partial charge in [-0.05, 0) is 26.7 Å². The minimum Gasteiger partial charge on any atom is -0.476 e. The zero-order valence-electron chi connectivity index (χ0n) is 12.7. The molecule has 1 N–H and O–H groups in total. The van der Waals surface area contributed by atoms with Crippen LogP contribution < -0.4 is 14.8 Å².